The summed E-state index contributed by atoms with van der Waals surface area (Å²) in [4.78, 5) is 9.78. The summed E-state index contributed by atoms with van der Waals surface area (Å²) >= 11 is 5.62. The standard InChI is InChI=1S/C5H6ClNO/c1-5(6)2-3-7-4(5)8/h2-3H,1H3,(H,7,8). The van der Waals surface area contributed by atoms with Crippen molar-refractivity contribution in [1.29, 1.82) is 0 Å². The minimum atomic E-state index is -0.806. The fourth-order valence-corrected chi connectivity index (χ4v) is 0.608. The fraction of sp³-hybridized carbons (Fsp3) is 0.400. The molecule has 1 heterocycles. The summed E-state index contributed by atoms with van der Waals surface area (Å²) in [6, 6.07) is 0. The first-order valence-corrected chi connectivity index (χ1v) is 2.68. The molecule has 0 aromatic heterocycles. The Morgan fingerprint density at radius 1 is 1.88 bits per heavy atom. The second-order valence-corrected chi connectivity index (χ2v) is 2.67. The molecule has 1 aliphatic heterocycles. The van der Waals surface area contributed by atoms with Crippen LogP contribution in [0.5, 0.6) is 0 Å². The molecule has 0 saturated heterocycles. The van der Waals surface area contributed by atoms with Crippen LogP contribution in [0.2, 0.25) is 0 Å². The van der Waals surface area contributed by atoms with Gasteiger partial charge in [0.1, 0.15) is 4.87 Å². The highest BCUT2D eigenvalue weighted by Crippen LogP contribution is 2.19. The number of carbonyl (C=O) groups excluding carboxylic acids is 1. The molecule has 0 fully saturated rings. The van der Waals surface area contributed by atoms with Crippen molar-refractivity contribution in [3.05, 3.63) is 12.3 Å². The zero-order chi connectivity index (χ0) is 6.20. The van der Waals surface area contributed by atoms with Crippen LogP contribution in [-0.2, 0) is 4.79 Å². The Hall–Kier alpha value is -0.500. The molecular weight excluding hydrogens is 126 g/mol. The Bertz CT molecular complexity index is 151. The quantitative estimate of drug-likeness (QED) is 0.480. The van der Waals surface area contributed by atoms with E-state index in [9.17, 15) is 4.79 Å². The number of amides is 1. The molecule has 44 valence electrons. The maximum atomic E-state index is 10.6. The molecule has 1 N–H and O–H groups in total. The average molecular weight is 132 g/mol. The van der Waals surface area contributed by atoms with Crippen LogP contribution in [0.15, 0.2) is 12.3 Å². The van der Waals surface area contributed by atoms with E-state index in [1.807, 2.05) is 0 Å². The van der Waals surface area contributed by atoms with E-state index < -0.39 is 4.87 Å². The molecule has 0 aromatic rings. The second-order valence-electron chi connectivity index (χ2n) is 1.88. The van der Waals surface area contributed by atoms with Gasteiger partial charge in [0, 0.05) is 6.20 Å². The summed E-state index contributed by atoms with van der Waals surface area (Å²) < 4.78 is 0. The summed E-state index contributed by atoms with van der Waals surface area (Å²) in [6.07, 6.45) is 3.17. The molecular formula is C5H6ClNO. The Labute approximate surface area is 52.5 Å². The first-order chi connectivity index (χ1) is 3.63. The van der Waals surface area contributed by atoms with Gasteiger partial charge in [0.25, 0.3) is 0 Å². The average Bonchev–Trinajstić information content (AvgIpc) is 1.86. The van der Waals surface area contributed by atoms with E-state index in [1.165, 1.54) is 0 Å². The van der Waals surface area contributed by atoms with Gasteiger partial charge in [-0.2, -0.15) is 0 Å². The molecule has 0 radical (unpaired) electrons. The van der Waals surface area contributed by atoms with Crippen LogP contribution in [-0.4, -0.2) is 10.8 Å². The van der Waals surface area contributed by atoms with E-state index in [1.54, 1.807) is 19.2 Å². The molecule has 8 heavy (non-hydrogen) atoms. The number of hydrogen-bond acceptors (Lipinski definition) is 1. The van der Waals surface area contributed by atoms with Crippen LogP contribution in [0.1, 0.15) is 6.92 Å². The predicted octanol–water partition coefficient (Wildman–Crippen LogP) is 0.627. The van der Waals surface area contributed by atoms with Gasteiger partial charge in [0.05, 0.1) is 0 Å². The van der Waals surface area contributed by atoms with Crippen molar-refractivity contribution in [2.45, 2.75) is 11.8 Å². The molecule has 2 nitrogen and oxygen atoms in total. The molecule has 0 saturated carbocycles. The van der Waals surface area contributed by atoms with E-state index >= 15 is 0 Å². The third-order valence-corrected chi connectivity index (χ3v) is 1.35. The van der Waals surface area contributed by atoms with Gasteiger partial charge in [-0.1, -0.05) is 0 Å². The van der Waals surface area contributed by atoms with E-state index in [4.69, 9.17) is 11.6 Å². The highest BCUT2D eigenvalue weighted by atomic mass is 35.5. The van der Waals surface area contributed by atoms with E-state index in [0.29, 0.717) is 0 Å². The summed E-state index contributed by atoms with van der Waals surface area (Å²) in [7, 11) is 0. The van der Waals surface area contributed by atoms with E-state index in [2.05, 4.69) is 5.32 Å². The van der Waals surface area contributed by atoms with Crippen LogP contribution in [0.25, 0.3) is 0 Å². The minimum absolute atomic E-state index is 0.154. The number of halogens is 1. The molecule has 1 atom stereocenters. The summed E-state index contributed by atoms with van der Waals surface area (Å²) in [5.41, 5.74) is 0. The molecule has 3 heteroatoms. The smallest absolute Gasteiger partial charge is 0.248 e. The van der Waals surface area contributed by atoms with Crippen LogP contribution in [0.4, 0.5) is 0 Å². The van der Waals surface area contributed by atoms with Crippen LogP contribution in [0.3, 0.4) is 0 Å². The van der Waals surface area contributed by atoms with Crippen molar-refractivity contribution in [3.63, 3.8) is 0 Å². The van der Waals surface area contributed by atoms with Crippen molar-refractivity contribution < 1.29 is 4.79 Å². The molecule has 0 aromatic carbocycles. The summed E-state index contributed by atoms with van der Waals surface area (Å²) in [5, 5.41) is 2.46. The molecule has 0 spiro atoms. The third-order valence-electron chi connectivity index (χ3n) is 1.05. The van der Waals surface area contributed by atoms with E-state index in [-0.39, 0.29) is 5.91 Å². The fourth-order valence-electron chi connectivity index (χ4n) is 0.491. The largest absolute Gasteiger partial charge is 0.331 e. The monoisotopic (exact) mass is 131 g/mol. The Balaban J connectivity index is 2.82. The van der Waals surface area contributed by atoms with Crippen LogP contribution < -0.4 is 5.32 Å². The summed E-state index contributed by atoms with van der Waals surface area (Å²) in [6.45, 7) is 1.65. The van der Waals surface area contributed by atoms with Gasteiger partial charge in [-0.3, -0.25) is 4.79 Å². The van der Waals surface area contributed by atoms with Gasteiger partial charge in [-0.25, -0.2) is 0 Å². The number of carbonyl (C=O) groups is 1. The van der Waals surface area contributed by atoms with Crippen molar-refractivity contribution in [1.82, 2.24) is 5.32 Å². The number of nitrogens with one attached hydrogen (secondary N) is 1. The normalized spacial score (nSPS) is 35.5. The SMILES string of the molecule is CC1(Cl)C=CNC1=O. The lowest BCUT2D eigenvalue weighted by Crippen LogP contribution is -2.29. The lowest BCUT2D eigenvalue weighted by atomic mass is 10.2. The number of rotatable bonds is 0. The van der Waals surface area contributed by atoms with Crippen molar-refractivity contribution in [2.75, 3.05) is 0 Å². The third kappa shape index (κ3) is 0.713. The van der Waals surface area contributed by atoms with E-state index in [0.717, 1.165) is 0 Å². The molecule has 0 aliphatic carbocycles. The first-order valence-electron chi connectivity index (χ1n) is 2.30. The van der Waals surface area contributed by atoms with Gasteiger partial charge in [0.15, 0.2) is 0 Å². The minimum Gasteiger partial charge on any atom is -0.331 e. The van der Waals surface area contributed by atoms with Crippen LogP contribution >= 0.6 is 11.6 Å². The number of alkyl halides is 1. The van der Waals surface area contributed by atoms with Gasteiger partial charge < -0.3 is 5.32 Å². The topological polar surface area (TPSA) is 29.1 Å². The first kappa shape index (κ1) is 5.63. The van der Waals surface area contributed by atoms with Crippen LogP contribution in [0, 0.1) is 0 Å². The second kappa shape index (κ2) is 1.49. The lowest BCUT2D eigenvalue weighted by Gasteiger charge is -2.06. The van der Waals surface area contributed by atoms with Gasteiger partial charge in [-0.05, 0) is 13.0 Å². The molecule has 1 unspecified atom stereocenters. The number of hydrogen-bond donors (Lipinski definition) is 1. The van der Waals surface area contributed by atoms with Gasteiger partial charge >= 0.3 is 0 Å². The lowest BCUT2D eigenvalue weighted by molar-refractivity contribution is -0.120. The zero-order valence-electron chi connectivity index (χ0n) is 4.44. The Morgan fingerprint density at radius 2 is 2.50 bits per heavy atom. The maximum Gasteiger partial charge on any atom is 0.248 e. The Morgan fingerprint density at radius 3 is 2.62 bits per heavy atom. The van der Waals surface area contributed by atoms with Crippen molar-refractivity contribution in [2.24, 2.45) is 0 Å². The Kier molecular flexibility index (Phi) is 1.05. The van der Waals surface area contributed by atoms with Gasteiger partial charge in [-0.15, -0.1) is 11.6 Å². The molecule has 0 bridgehead atoms. The maximum absolute atomic E-state index is 10.6. The molecule has 1 aliphatic rings. The summed E-state index contributed by atoms with van der Waals surface area (Å²) in [5.74, 6) is -0.154. The van der Waals surface area contributed by atoms with Crippen molar-refractivity contribution in [3.8, 4) is 0 Å². The highest BCUT2D eigenvalue weighted by molar-refractivity contribution is 6.36. The van der Waals surface area contributed by atoms with Gasteiger partial charge in [0.2, 0.25) is 5.91 Å². The molecule has 1 amide bonds. The molecule has 1 rings (SSSR count). The van der Waals surface area contributed by atoms with Crippen molar-refractivity contribution >= 4 is 17.5 Å². The zero-order valence-corrected chi connectivity index (χ0v) is 5.20. The highest BCUT2D eigenvalue weighted by Gasteiger charge is 2.30. The predicted molar refractivity (Wildman–Crippen MR) is 31.5 cm³/mol.